The molecule has 2 aromatic heterocycles. The van der Waals surface area contributed by atoms with Crippen LogP contribution in [0.1, 0.15) is 32.2 Å². The molecule has 2 amide bonds. The summed E-state index contributed by atoms with van der Waals surface area (Å²) in [5.41, 5.74) is 4.44. The number of carbonyl (C=O) groups excluding carboxylic acids is 1. The van der Waals surface area contributed by atoms with Crippen molar-refractivity contribution in [1.29, 1.82) is 0 Å². The Morgan fingerprint density at radius 1 is 1.03 bits per heavy atom. The largest absolute Gasteiger partial charge is 0.379 e. The van der Waals surface area contributed by atoms with E-state index in [9.17, 15) is 4.79 Å². The number of hydrogen-bond acceptors (Lipinski definition) is 5. The van der Waals surface area contributed by atoms with Crippen LogP contribution in [0.5, 0.6) is 0 Å². The molecule has 5 rings (SSSR count). The van der Waals surface area contributed by atoms with Crippen LogP contribution in [0, 0.1) is 0 Å². The number of rotatable bonds is 5. The first-order valence-corrected chi connectivity index (χ1v) is 12.7. The van der Waals surface area contributed by atoms with Gasteiger partial charge in [-0.15, -0.1) is 0 Å². The lowest BCUT2D eigenvalue weighted by molar-refractivity contribution is 0.0336. The van der Waals surface area contributed by atoms with Crippen LogP contribution in [0.2, 0.25) is 0 Å². The fourth-order valence-corrected chi connectivity index (χ4v) is 4.56. The second-order valence-corrected chi connectivity index (χ2v) is 10.5. The van der Waals surface area contributed by atoms with E-state index in [4.69, 9.17) is 9.72 Å². The van der Waals surface area contributed by atoms with Gasteiger partial charge in [0.1, 0.15) is 5.82 Å². The van der Waals surface area contributed by atoms with Crippen molar-refractivity contribution in [2.75, 3.05) is 36.9 Å². The van der Waals surface area contributed by atoms with Crippen LogP contribution in [0.15, 0.2) is 60.8 Å². The standard InChI is InChI=1S/C29H34N6O2/c1-29(2,3)25-17-26(34(4)33-25)32-28(36)31-24-12-10-20-7-5-6-8-23(20)27(24)21-9-11-22(30-18-21)19-35-13-15-37-16-14-35/h5-12,17-18H,13-16,19H2,1-4H3,(H2,31,32,36). The SMILES string of the molecule is Cn1nc(C(C)(C)C)cc1NC(=O)Nc1ccc2ccccc2c1-c1ccc(CN2CCOCC2)nc1. The Labute approximate surface area is 217 Å². The molecule has 8 nitrogen and oxygen atoms in total. The van der Waals surface area contributed by atoms with Gasteiger partial charge in [-0.05, 0) is 22.9 Å². The van der Waals surface area contributed by atoms with Crippen molar-refractivity contribution in [1.82, 2.24) is 19.7 Å². The maximum absolute atomic E-state index is 13.1. The molecule has 37 heavy (non-hydrogen) atoms. The van der Waals surface area contributed by atoms with E-state index >= 15 is 0 Å². The molecule has 2 aromatic carbocycles. The van der Waals surface area contributed by atoms with E-state index in [0.29, 0.717) is 5.82 Å². The fourth-order valence-electron chi connectivity index (χ4n) is 4.56. The van der Waals surface area contributed by atoms with E-state index in [1.54, 1.807) is 4.68 Å². The number of benzene rings is 2. The lowest BCUT2D eigenvalue weighted by Crippen LogP contribution is -2.35. The third kappa shape index (κ3) is 5.65. The molecule has 0 radical (unpaired) electrons. The van der Waals surface area contributed by atoms with Gasteiger partial charge in [-0.2, -0.15) is 5.10 Å². The lowest BCUT2D eigenvalue weighted by Gasteiger charge is -2.26. The van der Waals surface area contributed by atoms with E-state index in [-0.39, 0.29) is 11.4 Å². The average Bonchev–Trinajstić information content (AvgIpc) is 3.25. The smallest absolute Gasteiger partial charge is 0.324 e. The summed E-state index contributed by atoms with van der Waals surface area (Å²) in [6.07, 6.45) is 1.90. The van der Waals surface area contributed by atoms with Gasteiger partial charge >= 0.3 is 6.03 Å². The molecule has 0 atom stereocenters. The number of morpholine rings is 1. The molecule has 1 aliphatic heterocycles. The summed E-state index contributed by atoms with van der Waals surface area (Å²) in [6, 6.07) is 17.9. The summed E-state index contributed by atoms with van der Waals surface area (Å²) in [6.45, 7) is 10.5. The van der Waals surface area contributed by atoms with Gasteiger partial charge in [0.2, 0.25) is 0 Å². The summed E-state index contributed by atoms with van der Waals surface area (Å²) in [5, 5.41) is 12.7. The third-order valence-electron chi connectivity index (χ3n) is 6.67. The van der Waals surface area contributed by atoms with Crippen LogP contribution in [0.4, 0.5) is 16.3 Å². The zero-order chi connectivity index (χ0) is 26.0. The van der Waals surface area contributed by atoms with Gasteiger partial charge in [-0.3, -0.25) is 19.9 Å². The Hall–Kier alpha value is -3.75. The Bertz CT molecular complexity index is 1400. The summed E-state index contributed by atoms with van der Waals surface area (Å²) in [5.74, 6) is 0.638. The first-order valence-electron chi connectivity index (χ1n) is 12.7. The van der Waals surface area contributed by atoms with Gasteiger partial charge < -0.3 is 10.1 Å². The van der Waals surface area contributed by atoms with Crippen molar-refractivity contribution in [3.63, 3.8) is 0 Å². The van der Waals surface area contributed by atoms with E-state index in [2.05, 4.69) is 65.7 Å². The minimum Gasteiger partial charge on any atom is -0.379 e. The number of hydrogen-bond donors (Lipinski definition) is 2. The average molecular weight is 499 g/mol. The van der Waals surface area contributed by atoms with Crippen molar-refractivity contribution < 1.29 is 9.53 Å². The second kappa shape index (κ2) is 10.3. The van der Waals surface area contributed by atoms with E-state index < -0.39 is 0 Å². The Morgan fingerprint density at radius 2 is 1.81 bits per heavy atom. The molecular weight excluding hydrogens is 464 g/mol. The molecule has 1 saturated heterocycles. The van der Waals surface area contributed by atoms with Gasteiger partial charge in [-0.1, -0.05) is 57.2 Å². The Balaban J connectivity index is 1.41. The fraction of sp³-hybridized carbons (Fsp3) is 0.345. The molecule has 0 aliphatic carbocycles. The topological polar surface area (TPSA) is 84.3 Å². The van der Waals surface area contributed by atoms with Crippen LogP contribution in [-0.2, 0) is 23.7 Å². The number of pyridine rings is 1. The van der Waals surface area contributed by atoms with Crippen molar-refractivity contribution >= 4 is 28.3 Å². The van der Waals surface area contributed by atoms with E-state index in [1.807, 2.05) is 43.6 Å². The van der Waals surface area contributed by atoms with Crippen molar-refractivity contribution in [3.05, 3.63) is 72.2 Å². The predicted molar refractivity (Wildman–Crippen MR) is 148 cm³/mol. The summed E-state index contributed by atoms with van der Waals surface area (Å²) >= 11 is 0. The van der Waals surface area contributed by atoms with Gasteiger partial charge in [-0.25, -0.2) is 4.79 Å². The number of nitrogens with zero attached hydrogens (tertiary/aromatic N) is 4. The molecular formula is C29H34N6O2. The molecule has 192 valence electrons. The summed E-state index contributed by atoms with van der Waals surface area (Å²) < 4.78 is 7.15. The number of aromatic nitrogens is 3. The maximum Gasteiger partial charge on any atom is 0.324 e. The summed E-state index contributed by atoms with van der Waals surface area (Å²) in [4.78, 5) is 20.2. The van der Waals surface area contributed by atoms with Crippen LogP contribution >= 0.6 is 0 Å². The maximum atomic E-state index is 13.1. The number of anilines is 2. The zero-order valence-electron chi connectivity index (χ0n) is 21.9. The van der Waals surface area contributed by atoms with Crippen LogP contribution < -0.4 is 10.6 Å². The zero-order valence-corrected chi connectivity index (χ0v) is 21.9. The highest BCUT2D eigenvalue weighted by molar-refractivity contribution is 6.08. The molecule has 1 fully saturated rings. The number of ether oxygens (including phenoxy) is 1. The number of nitrogens with one attached hydrogen (secondary N) is 2. The van der Waals surface area contributed by atoms with Crippen LogP contribution in [0.3, 0.4) is 0 Å². The second-order valence-electron chi connectivity index (χ2n) is 10.5. The number of urea groups is 1. The quantitative estimate of drug-likeness (QED) is 0.384. The highest BCUT2D eigenvalue weighted by Gasteiger charge is 2.20. The van der Waals surface area contributed by atoms with Gasteiger partial charge in [0.15, 0.2) is 0 Å². The van der Waals surface area contributed by atoms with Crippen LogP contribution in [0.25, 0.3) is 21.9 Å². The highest BCUT2D eigenvalue weighted by Crippen LogP contribution is 2.35. The van der Waals surface area contributed by atoms with Crippen LogP contribution in [-0.4, -0.2) is 52.0 Å². The van der Waals surface area contributed by atoms with Gasteiger partial charge in [0, 0.05) is 55.5 Å². The van der Waals surface area contributed by atoms with Crippen molar-refractivity contribution in [2.45, 2.75) is 32.7 Å². The third-order valence-corrected chi connectivity index (χ3v) is 6.67. The molecule has 3 heterocycles. The first kappa shape index (κ1) is 24.9. The number of aryl methyl sites for hydroxylation is 1. The molecule has 8 heteroatoms. The molecule has 0 spiro atoms. The Morgan fingerprint density at radius 3 is 2.51 bits per heavy atom. The van der Waals surface area contributed by atoms with Gasteiger partial charge in [0.05, 0.1) is 30.3 Å². The molecule has 0 unspecified atom stereocenters. The van der Waals surface area contributed by atoms with E-state index in [0.717, 1.165) is 71.8 Å². The minimum absolute atomic E-state index is 0.110. The Kier molecular flexibility index (Phi) is 6.95. The normalized spacial score (nSPS) is 14.6. The van der Waals surface area contributed by atoms with E-state index in [1.165, 1.54) is 0 Å². The molecule has 0 bridgehead atoms. The number of amides is 2. The highest BCUT2D eigenvalue weighted by atomic mass is 16.5. The minimum atomic E-state index is -0.322. The van der Waals surface area contributed by atoms with Gasteiger partial charge in [0.25, 0.3) is 0 Å². The summed E-state index contributed by atoms with van der Waals surface area (Å²) in [7, 11) is 1.83. The lowest BCUT2D eigenvalue weighted by atomic mass is 9.92. The molecule has 1 aliphatic rings. The molecule has 2 N–H and O–H groups in total. The van der Waals surface area contributed by atoms with Crippen molar-refractivity contribution in [2.24, 2.45) is 7.05 Å². The monoisotopic (exact) mass is 498 g/mol. The first-order chi connectivity index (χ1) is 17.8. The molecule has 0 saturated carbocycles. The number of carbonyl (C=O) groups is 1. The predicted octanol–water partition coefficient (Wildman–Crippen LogP) is 5.41. The molecule has 4 aromatic rings. The number of fused-ring (bicyclic) bond motifs is 1. The van der Waals surface area contributed by atoms with Crippen molar-refractivity contribution in [3.8, 4) is 11.1 Å².